The Hall–Kier alpha value is -4.24. The van der Waals surface area contributed by atoms with E-state index in [2.05, 4.69) is 10.0 Å². The number of carbonyl (C=O) groups excluding carboxylic acids is 1. The monoisotopic (exact) mass is 578 g/mol. The maximum absolute atomic E-state index is 13.2. The minimum absolute atomic E-state index is 0.00794. The van der Waals surface area contributed by atoms with Gasteiger partial charge in [-0.25, -0.2) is 8.42 Å². The van der Waals surface area contributed by atoms with Crippen molar-refractivity contribution in [2.24, 2.45) is 0 Å². The fraction of sp³-hybridized carbons (Fsp3) is 0. The van der Waals surface area contributed by atoms with Crippen molar-refractivity contribution in [1.82, 2.24) is 0 Å². The summed E-state index contributed by atoms with van der Waals surface area (Å²) in [6.45, 7) is 0. The summed E-state index contributed by atoms with van der Waals surface area (Å²) in [5, 5.41) is 15.3. The highest BCUT2D eigenvalue weighted by Gasteiger charge is 2.21. The lowest BCUT2D eigenvalue weighted by atomic mass is 10.1. The maximum Gasteiger partial charge on any atom is 0.261 e. The van der Waals surface area contributed by atoms with Crippen molar-refractivity contribution in [2.45, 2.75) is 4.90 Å². The molecule has 0 aliphatic rings. The van der Waals surface area contributed by atoms with Crippen LogP contribution in [0, 0.1) is 0 Å². The summed E-state index contributed by atoms with van der Waals surface area (Å²) >= 11 is 12.2. The molecular weight excluding hydrogens is 559 g/mol. The lowest BCUT2D eigenvalue weighted by Crippen LogP contribution is -2.18. The van der Waals surface area contributed by atoms with Crippen molar-refractivity contribution in [3.63, 3.8) is 0 Å². The number of aromatic hydroxyl groups is 1. The Bertz CT molecular complexity index is 1810. The van der Waals surface area contributed by atoms with Gasteiger partial charge in [0.05, 0.1) is 26.9 Å². The number of hydrogen-bond acceptors (Lipinski definition) is 5. The molecule has 39 heavy (non-hydrogen) atoms. The van der Waals surface area contributed by atoms with Gasteiger partial charge in [0.25, 0.3) is 15.9 Å². The standard InChI is InChI=1S/C29H20Cl2N2O5S/c30-19-10-16-25(23(17-19)29(35)32-26-15-9-18-5-1-2-6-22(18)28(26)34)33-39(36,37)21-13-11-20(12-14-21)38-27-8-4-3-7-24(27)31/h1-17,33-34H,(H,32,35). The average Bonchev–Trinajstić information content (AvgIpc) is 2.93. The van der Waals surface area contributed by atoms with E-state index in [9.17, 15) is 18.3 Å². The number of halogens is 2. The van der Waals surface area contributed by atoms with Crippen molar-refractivity contribution in [3.05, 3.63) is 119 Å². The van der Waals surface area contributed by atoms with Crippen LogP contribution in [0.1, 0.15) is 10.4 Å². The minimum atomic E-state index is -4.09. The Balaban J connectivity index is 1.38. The maximum atomic E-state index is 13.2. The SMILES string of the molecule is O=C(Nc1ccc2ccccc2c1O)c1cc(Cl)ccc1NS(=O)(=O)c1ccc(Oc2ccccc2Cl)cc1. The van der Waals surface area contributed by atoms with Crippen LogP contribution in [0.2, 0.25) is 10.0 Å². The third-order valence-electron chi connectivity index (χ3n) is 5.82. The van der Waals surface area contributed by atoms with E-state index in [0.717, 1.165) is 5.39 Å². The molecule has 0 unspecified atom stereocenters. The number of nitrogens with one attached hydrogen (secondary N) is 2. The molecule has 1 amide bonds. The number of para-hydroxylation sites is 1. The number of rotatable bonds is 7. The predicted molar refractivity (Wildman–Crippen MR) is 154 cm³/mol. The number of phenols is 1. The Morgan fingerprint density at radius 3 is 2.26 bits per heavy atom. The quantitative estimate of drug-likeness (QED) is 0.172. The number of anilines is 2. The van der Waals surface area contributed by atoms with Crippen molar-refractivity contribution in [3.8, 4) is 17.2 Å². The van der Waals surface area contributed by atoms with E-state index >= 15 is 0 Å². The smallest absolute Gasteiger partial charge is 0.261 e. The number of fused-ring (bicyclic) bond motifs is 1. The fourth-order valence-corrected chi connectivity index (χ4v) is 5.31. The van der Waals surface area contributed by atoms with Gasteiger partial charge in [-0.2, -0.15) is 0 Å². The summed E-state index contributed by atoms with van der Waals surface area (Å²) in [4.78, 5) is 13.1. The van der Waals surface area contributed by atoms with Crippen molar-refractivity contribution < 1.29 is 23.1 Å². The summed E-state index contributed by atoms with van der Waals surface area (Å²) in [6.07, 6.45) is 0. The molecule has 5 rings (SSSR count). The van der Waals surface area contributed by atoms with Gasteiger partial charge in [-0.15, -0.1) is 0 Å². The molecule has 5 aromatic rings. The average molecular weight is 579 g/mol. The number of benzene rings is 5. The van der Waals surface area contributed by atoms with Crippen molar-refractivity contribution in [2.75, 3.05) is 10.0 Å². The molecule has 0 bridgehead atoms. The molecule has 0 atom stereocenters. The van der Waals surface area contributed by atoms with E-state index in [1.165, 1.54) is 42.5 Å². The van der Waals surface area contributed by atoms with Gasteiger partial charge < -0.3 is 15.2 Å². The van der Waals surface area contributed by atoms with Crippen LogP contribution in [-0.4, -0.2) is 19.4 Å². The third-order valence-corrected chi connectivity index (χ3v) is 7.75. The molecule has 3 N–H and O–H groups in total. The van der Waals surface area contributed by atoms with Crippen molar-refractivity contribution in [1.29, 1.82) is 0 Å². The second-order valence-electron chi connectivity index (χ2n) is 8.44. The first-order valence-corrected chi connectivity index (χ1v) is 13.8. The largest absolute Gasteiger partial charge is 0.505 e. The minimum Gasteiger partial charge on any atom is -0.505 e. The number of hydrogen-bond donors (Lipinski definition) is 3. The molecule has 0 aliphatic heterocycles. The molecule has 0 saturated heterocycles. The summed E-state index contributed by atoms with van der Waals surface area (Å²) in [7, 11) is -4.09. The van der Waals surface area contributed by atoms with Gasteiger partial charge in [0.2, 0.25) is 0 Å². The van der Waals surface area contributed by atoms with Gasteiger partial charge in [0, 0.05) is 10.4 Å². The van der Waals surface area contributed by atoms with Crippen LogP contribution in [0.3, 0.4) is 0 Å². The molecule has 5 aromatic carbocycles. The van der Waals surface area contributed by atoms with Crippen LogP contribution in [0.4, 0.5) is 11.4 Å². The fourth-order valence-electron chi connectivity index (χ4n) is 3.88. The number of carbonyl (C=O) groups is 1. The highest BCUT2D eigenvalue weighted by molar-refractivity contribution is 7.92. The Morgan fingerprint density at radius 2 is 1.49 bits per heavy atom. The van der Waals surface area contributed by atoms with Gasteiger partial charge in [0.15, 0.2) is 0 Å². The molecule has 0 radical (unpaired) electrons. The molecule has 196 valence electrons. The molecule has 0 spiro atoms. The summed E-state index contributed by atoms with van der Waals surface area (Å²) in [5.41, 5.74) is 0.146. The van der Waals surface area contributed by atoms with E-state index in [1.807, 2.05) is 12.1 Å². The highest BCUT2D eigenvalue weighted by Crippen LogP contribution is 2.34. The highest BCUT2D eigenvalue weighted by atomic mass is 35.5. The molecular formula is C29H20Cl2N2O5S. The summed E-state index contributed by atoms with van der Waals surface area (Å²) < 4.78 is 34.5. The lowest BCUT2D eigenvalue weighted by Gasteiger charge is -2.15. The normalized spacial score (nSPS) is 11.2. The molecule has 10 heteroatoms. The third kappa shape index (κ3) is 5.78. The van der Waals surface area contributed by atoms with Crippen LogP contribution in [0.15, 0.2) is 108 Å². The first kappa shape index (κ1) is 26.4. The van der Waals surface area contributed by atoms with Gasteiger partial charge in [0.1, 0.15) is 17.2 Å². The van der Waals surface area contributed by atoms with Crippen LogP contribution in [-0.2, 0) is 10.0 Å². The number of ether oxygens (including phenoxy) is 1. The molecule has 0 aromatic heterocycles. The molecule has 7 nitrogen and oxygen atoms in total. The number of amides is 1. The zero-order chi connectivity index (χ0) is 27.6. The topological polar surface area (TPSA) is 105 Å². The van der Waals surface area contributed by atoms with Gasteiger partial charge in [-0.3, -0.25) is 9.52 Å². The lowest BCUT2D eigenvalue weighted by molar-refractivity contribution is 0.102. The van der Waals surface area contributed by atoms with Crippen LogP contribution >= 0.6 is 23.2 Å². The Kier molecular flexibility index (Phi) is 7.34. The molecule has 0 saturated carbocycles. The predicted octanol–water partition coefficient (Wildman–Crippen LogP) is 7.70. The van der Waals surface area contributed by atoms with Crippen molar-refractivity contribution >= 4 is 61.3 Å². The zero-order valence-corrected chi connectivity index (χ0v) is 22.4. The molecule has 0 fully saturated rings. The molecule has 0 heterocycles. The first-order chi connectivity index (χ1) is 18.7. The Labute approximate surface area is 234 Å². The van der Waals surface area contributed by atoms with Gasteiger partial charge >= 0.3 is 0 Å². The first-order valence-electron chi connectivity index (χ1n) is 11.6. The Morgan fingerprint density at radius 1 is 0.795 bits per heavy atom. The van der Waals surface area contributed by atoms with E-state index in [0.29, 0.717) is 21.9 Å². The van der Waals surface area contributed by atoms with Crippen LogP contribution < -0.4 is 14.8 Å². The number of phenolic OH excluding ortho intramolecular Hbond substituents is 1. The van der Waals surface area contributed by atoms with E-state index in [4.69, 9.17) is 27.9 Å². The zero-order valence-electron chi connectivity index (χ0n) is 20.1. The van der Waals surface area contributed by atoms with Crippen LogP contribution in [0.5, 0.6) is 17.2 Å². The second-order valence-corrected chi connectivity index (χ2v) is 11.0. The van der Waals surface area contributed by atoms with E-state index in [-0.39, 0.29) is 32.6 Å². The second kappa shape index (κ2) is 10.9. The molecule has 0 aliphatic carbocycles. The number of sulfonamides is 1. The van der Waals surface area contributed by atoms with Crippen LogP contribution in [0.25, 0.3) is 10.8 Å². The van der Waals surface area contributed by atoms with E-state index in [1.54, 1.807) is 48.5 Å². The van der Waals surface area contributed by atoms with Gasteiger partial charge in [-0.05, 0) is 66.0 Å². The van der Waals surface area contributed by atoms with Gasteiger partial charge in [-0.1, -0.05) is 65.7 Å². The summed E-state index contributed by atoms with van der Waals surface area (Å²) in [6, 6.07) is 27.3. The van der Waals surface area contributed by atoms with E-state index < -0.39 is 15.9 Å². The summed E-state index contributed by atoms with van der Waals surface area (Å²) in [5.74, 6) is 0.0555.